The van der Waals surface area contributed by atoms with Gasteiger partial charge in [-0.05, 0) is 31.5 Å². The summed E-state index contributed by atoms with van der Waals surface area (Å²) >= 11 is 0. The average Bonchev–Trinajstić information content (AvgIpc) is 2.68. The zero-order valence-electron chi connectivity index (χ0n) is 16.0. The van der Waals surface area contributed by atoms with Gasteiger partial charge in [0.15, 0.2) is 18.1 Å². The van der Waals surface area contributed by atoms with Crippen molar-refractivity contribution in [3.63, 3.8) is 0 Å². The number of benzene rings is 2. The number of aryl methyl sites for hydroxylation is 1. The second-order valence-corrected chi connectivity index (χ2v) is 5.80. The van der Waals surface area contributed by atoms with Crippen LogP contribution >= 0.6 is 0 Å². The van der Waals surface area contributed by atoms with Gasteiger partial charge in [-0.3, -0.25) is 14.9 Å². The third kappa shape index (κ3) is 5.41. The fraction of sp³-hybridized carbons (Fsp3) is 0.263. The summed E-state index contributed by atoms with van der Waals surface area (Å²) in [5, 5.41) is 13.7. The highest BCUT2D eigenvalue weighted by atomic mass is 19.1. The molecule has 29 heavy (non-hydrogen) atoms. The summed E-state index contributed by atoms with van der Waals surface area (Å²) in [7, 11) is 1.31. The number of halogens is 1. The molecule has 0 aliphatic rings. The monoisotopic (exact) mass is 406 g/mol. The number of anilines is 1. The van der Waals surface area contributed by atoms with Crippen LogP contribution in [0.25, 0.3) is 0 Å². The van der Waals surface area contributed by atoms with Crippen LogP contribution in [0.5, 0.6) is 11.5 Å². The van der Waals surface area contributed by atoms with Crippen molar-refractivity contribution in [2.24, 2.45) is 0 Å². The van der Waals surface area contributed by atoms with Crippen LogP contribution in [-0.2, 0) is 9.53 Å². The van der Waals surface area contributed by atoms with E-state index in [1.807, 2.05) is 0 Å². The van der Waals surface area contributed by atoms with E-state index in [0.717, 1.165) is 18.2 Å². The predicted molar refractivity (Wildman–Crippen MR) is 101 cm³/mol. The van der Waals surface area contributed by atoms with Gasteiger partial charge in [-0.15, -0.1) is 0 Å². The van der Waals surface area contributed by atoms with E-state index in [9.17, 15) is 24.1 Å². The zero-order valence-corrected chi connectivity index (χ0v) is 16.0. The van der Waals surface area contributed by atoms with Gasteiger partial charge in [-0.1, -0.05) is 6.07 Å². The molecule has 0 aromatic heterocycles. The lowest BCUT2D eigenvalue weighted by Crippen LogP contribution is -2.21. The fourth-order valence-electron chi connectivity index (χ4n) is 2.37. The van der Waals surface area contributed by atoms with Crippen LogP contribution in [-0.4, -0.2) is 37.1 Å². The first kappa shape index (κ1) is 21.6. The molecule has 154 valence electrons. The second kappa shape index (κ2) is 9.49. The molecule has 0 aliphatic heterocycles. The molecule has 2 aromatic rings. The topological polar surface area (TPSA) is 117 Å². The van der Waals surface area contributed by atoms with E-state index in [1.165, 1.54) is 19.2 Å². The highest BCUT2D eigenvalue weighted by Crippen LogP contribution is 2.35. The zero-order chi connectivity index (χ0) is 21.6. The molecule has 0 saturated carbocycles. The van der Waals surface area contributed by atoms with Gasteiger partial charge >= 0.3 is 5.97 Å². The number of hydrogen-bond acceptors (Lipinski definition) is 7. The molecule has 0 spiro atoms. The van der Waals surface area contributed by atoms with Crippen LogP contribution < -0.4 is 14.8 Å². The number of nitro groups is 1. The maximum atomic E-state index is 13.5. The summed E-state index contributed by atoms with van der Waals surface area (Å²) in [6, 6.07) is 6.25. The molecule has 0 unspecified atom stereocenters. The molecular weight excluding hydrogens is 387 g/mol. The Morgan fingerprint density at radius 1 is 1.21 bits per heavy atom. The van der Waals surface area contributed by atoms with E-state index >= 15 is 0 Å². The summed E-state index contributed by atoms with van der Waals surface area (Å²) in [4.78, 5) is 34.8. The van der Waals surface area contributed by atoms with Gasteiger partial charge in [0.1, 0.15) is 11.4 Å². The molecule has 9 nitrogen and oxygen atoms in total. The number of carbonyl (C=O) groups is 2. The van der Waals surface area contributed by atoms with E-state index < -0.39 is 40.5 Å². The number of ether oxygens (including phenoxy) is 3. The van der Waals surface area contributed by atoms with E-state index in [-0.39, 0.29) is 23.8 Å². The largest absolute Gasteiger partial charge is 0.493 e. The Labute approximate surface area is 165 Å². The molecule has 0 atom stereocenters. The minimum absolute atomic E-state index is 0.0948. The van der Waals surface area contributed by atoms with Crippen molar-refractivity contribution < 1.29 is 33.1 Å². The number of esters is 1. The van der Waals surface area contributed by atoms with Crippen molar-refractivity contribution in [3.05, 3.63) is 57.4 Å². The van der Waals surface area contributed by atoms with Crippen molar-refractivity contribution in [1.29, 1.82) is 0 Å². The van der Waals surface area contributed by atoms with Crippen LogP contribution in [0, 0.1) is 22.9 Å². The Morgan fingerprint density at radius 2 is 1.93 bits per heavy atom. The van der Waals surface area contributed by atoms with Gasteiger partial charge in [0.25, 0.3) is 11.6 Å². The van der Waals surface area contributed by atoms with Crippen molar-refractivity contribution in [1.82, 2.24) is 0 Å². The van der Waals surface area contributed by atoms with Gasteiger partial charge in [-0.25, -0.2) is 9.18 Å². The molecule has 0 aliphatic carbocycles. The Balaban J connectivity index is 2.13. The lowest BCUT2D eigenvalue weighted by atomic mass is 10.1. The normalized spacial score (nSPS) is 10.2. The van der Waals surface area contributed by atoms with Crippen LogP contribution in [0.15, 0.2) is 30.3 Å². The number of carbonyl (C=O) groups excluding carboxylic acids is 2. The number of nitrogens with zero attached hydrogens (tertiary/aromatic N) is 1. The highest BCUT2D eigenvalue weighted by Gasteiger charge is 2.26. The van der Waals surface area contributed by atoms with Crippen molar-refractivity contribution >= 4 is 23.3 Å². The van der Waals surface area contributed by atoms with Gasteiger partial charge in [0, 0.05) is 11.8 Å². The fourth-order valence-corrected chi connectivity index (χ4v) is 2.37. The quantitative estimate of drug-likeness (QED) is 0.406. The van der Waals surface area contributed by atoms with Crippen LogP contribution in [0.1, 0.15) is 22.8 Å². The molecule has 1 amide bonds. The number of rotatable bonds is 8. The Hall–Kier alpha value is -3.69. The van der Waals surface area contributed by atoms with Crippen LogP contribution in [0.4, 0.5) is 15.8 Å². The number of nitrogens with one attached hydrogen (secondary N) is 1. The molecule has 2 rings (SSSR count). The lowest BCUT2D eigenvalue weighted by molar-refractivity contribution is -0.385. The van der Waals surface area contributed by atoms with Gasteiger partial charge in [-0.2, -0.15) is 0 Å². The van der Waals surface area contributed by atoms with Crippen LogP contribution in [0.3, 0.4) is 0 Å². The van der Waals surface area contributed by atoms with E-state index in [4.69, 9.17) is 14.2 Å². The molecule has 1 N–H and O–H groups in total. The number of methoxy groups -OCH3 is 1. The van der Waals surface area contributed by atoms with Gasteiger partial charge < -0.3 is 19.5 Å². The summed E-state index contributed by atoms with van der Waals surface area (Å²) in [5.74, 6) is -2.14. The van der Waals surface area contributed by atoms with E-state index in [1.54, 1.807) is 13.8 Å². The standard InChI is InChI=1S/C19H19FN2O7/c1-4-28-17-9-15(22(25)26)13(8-16(17)27-3)19(24)29-10-18(23)21-12-6-5-11(2)14(20)7-12/h5-9H,4,10H2,1-3H3,(H,21,23). The maximum absolute atomic E-state index is 13.5. The molecule has 0 fully saturated rings. The third-order valence-corrected chi connectivity index (χ3v) is 3.79. The first-order valence-corrected chi connectivity index (χ1v) is 8.49. The number of hydrogen-bond donors (Lipinski definition) is 1. The Kier molecular flexibility index (Phi) is 7.07. The average molecular weight is 406 g/mol. The van der Waals surface area contributed by atoms with Gasteiger partial charge in [0.05, 0.1) is 24.7 Å². The highest BCUT2D eigenvalue weighted by molar-refractivity contribution is 5.98. The van der Waals surface area contributed by atoms with Crippen molar-refractivity contribution in [2.75, 3.05) is 25.6 Å². The summed E-state index contributed by atoms with van der Waals surface area (Å²) < 4.78 is 28.7. The van der Waals surface area contributed by atoms with Crippen molar-refractivity contribution in [3.8, 4) is 11.5 Å². The molecule has 0 heterocycles. The SMILES string of the molecule is CCOc1cc([N+](=O)[O-])c(C(=O)OCC(=O)Nc2ccc(C)c(F)c2)cc1OC. The summed E-state index contributed by atoms with van der Waals surface area (Å²) in [6.07, 6.45) is 0. The Morgan fingerprint density at radius 3 is 2.52 bits per heavy atom. The molecule has 0 saturated heterocycles. The molecule has 0 bridgehead atoms. The minimum atomic E-state index is -1.09. The lowest BCUT2D eigenvalue weighted by Gasteiger charge is -2.12. The van der Waals surface area contributed by atoms with Crippen molar-refractivity contribution in [2.45, 2.75) is 13.8 Å². The molecular formula is C19H19FN2O7. The first-order valence-electron chi connectivity index (χ1n) is 8.49. The maximum Gasteiger partial charge on any atom is 0.345 e. The smallest absolute Gasteiger partial charge is 0.345 e. The second-order valence-electron chi connectivity index (χ2n) is 5.80. The molecule has 10 heteroatoms. The predicted octanol–water partition coefficient (Wildman–Crippen LogP) is 3.25. The number of nitro benzene ring substituents is 1. The first-order chi connectivity index (χ1) is 13.8. The summed E-state index contributed by atoms with van der Waals surface area (Å²) in [5.41, 5.74) is -0.362. The number of amides is 1. The van der Waals surface area contributed by atoms with Gasteiger partial charge in [0.2, 0.25) is 0 Å². The van der Waals surface area contributed by atoms with E-state index in [2.05, 4.69) is 5.32 Å². The Bertz CT molecular complexity index is 946. The minimum Gasteiger partial charge on any atom is -0.493 e. The third-order valence-electron chi connectivity index (χ3n) is 3.79. The van der Waals surface area contributed by atoms with E-state index in [0.29, 0.717) is 5.56 Å². The van der Waals surface area contributed by atoms with Crippen LogP contribution in [0.2, 0.25) is 0 Å². The molecule has 2 aromatic carbocycles. The summed E-state index contributed by atoms with van der Waals surface area (Å²) in [6.45, 7) is 2.77. The molecule has 0 radical (unpaired) electrons.